The first-order chi connectivity index (χ1) is 15.8. The number of carbonyl (C=O) groups is 1. The molecule has 1 aromatic rings. The van der Waals surface area contributed by atoms with Crippen LogP contribution in [0, 0.1) is 11.3 Å². The summed E-state index contributed by atoms with van der Waals surface area (Å²) in [5, 5.41) is 6.41. The maximum Gasteiger partial charge on any atom is 0.417 e. The van der Waals surface area contributed by atoms with Crippen LogP contribution in [0.3, 0.4) is 0 Å². The predicted octanol–water partition coefficient (Wildman–Crippen LogP) is 3.05. The molecule has 192 valence electrons. The molecule has 3 N–H and O–H groups in total. The molecule has 0 bridgehead atoms. The van der Waals surface area contributed by atoms with E-state index < -0.39 is 27.2 Å². The van der Waals surface area contributed by atoms with Crippen LogP contribution in [0.2, 0.25) is 0 Å². The minimum Gasteiger partial charge on any atom is -0.381 e. The molecular formula is C22H33F3N4O4S. The second-order valence-electron chi connectivity index (χ2n) is 9.59. The fraction of sp³-hybridized carbons (Fsp3) is 0.727. The van der Waals surface area contributed by atoms with Crippen molar-refractivity contribution in [3.8, 4) is 0 Å². The van der Waals surface area contributed by atoms with Gasteiger partial charge in [0.25, 0.3) is 0 Å². The highest BCUT2D eigenvalue weighted by Gasteiger charge is 2.47. The van der Waals surface area contributed by atoms with Crippen molar-refractivity contribution in [2.24, 2.45) is 11.3 Å². The molecule has 1 amide bonds. The van der Waals surface area contributed by atoms with E-state index in [2.05, 4.69) is 20.3 Å². The third kappa shape index (κ3) is 6.60. The van der Waals surface area contributed by atoms with Crippen molar-refractivity contribution in [1.82, 2.24) is 15.6 Å². The number of carbonyl (C=O) groups excluding carboxylic acids is 1. The Kier molecular flexibility index (Phi) is 8.14. The fourth-order valence-electron chi connectivity index (χ4n) is 4.83. The van der Waals surface area contributed by atoms with Crippen LogP contribution in [0.15, 0.2) is 12.3 Å². The van der Waals surface area contributed by atoms with Gasteiger partial charge in [0.1, 0.15) is 5.82 Å². The van der Waals surface area contributed by atoms with Crippen LogP contribution in [0.4, 0.5) is 19.0 Å². The van der Waals surface area contributed by atoms with Crippen molar-refractivity contribution in [1.29, 1.82) is 0 Å². The average molecular weight is 507 g/mol. The Hall–Kier alpha value is -1.92. The number of alkyl halides is 3. The molecule has 1 aliphatic carbocycles. The first-order valence-corrected chi connectivity index (χ1v) is 13.4. The lowest BCUT2D eigenvalue weighted by Gasteiger charge is -2.33. The normalized spacial score (nSPS) is 24.4. The predicted molar refractivity (Wildman–Crippen MR) is 121 cm³/mol. The number of hydrogen-bond acceptors (Lipinski definition) is 6. The van der Waals surface area contributed by atoms with Gasteiger partial charge in [0.2, 0.25) is 15.9 Å². The number of halogens is 3. The van der Waals surface area contributed by atoms with Crippen LogP contribution in [0.25, 0.3) is 0 Å². The lowest BCUT2D eigenvalue weighted by Crippen LogP contribution is -2.45. The molecule has 2 aliphatic rings. The number of nitrogens with zero attached hydrogens (tertiary/aromatic N) is 1. The van der Waals surface area contributed by atoms with E-state index >= 15 is 0 Å². The molecule has 2 atom stereocenters. The zero-order valence-electron chi connectivity index (χ0n) is 19.7. The molecule has 0 aromatic carbocycles. The van der Waals surface area contributed by atoms with Crippen molar-refractivity contribution >= 4 is 21.7 Å². The average Bonchev–Trinajstić information content (AvgIpc) is 3.17. The van der Waals surface area contributed by atoms with Crippen LogP contribution >= 0.6 is 0 Å². The number of sulfonamides is 1. The highest BCUT2D eigenvalue weighted by molar-refractivity contribution is 7.92. The van der Waals surface area contributed by atoms with Crippen LogP contribution in [-0.2, 0) is 32.3 Å². The highest BCUT2D eigenvalue weighted by Crippen LogP contribution is 2.45. The number of aromatic nitrogens is 1. The Balaban J connectivity index is 1.74. The van der Waals surface area contributed by atoms with Gasteiger partial charge in [-0.15, -0.1) is 0 Å². The summed E-state index contributed by atoms with van der Waals surface area (Å²) in [6.07, 6.45) is 0.768. The van der Waals surface area contributed by atoms with Crippen LogP contribution in [0.1, 0.15) is 57.1 Å². The number of nitrogens with one attached hydrogen (secondary N) is 3. The van der Waals surface area contributed by atoms with E-state index in [1.165, 1.54) is 0 Å². The van der Waals surface area contributed by atoms with Gasteiger partial charge in [-0.3, -0.25) is 9.52 Å². The molecule has 0 unspecified atom stereocenters. The molecule has 0 radical (unpaired) electrons. The van der Waals surface area contributed by atoms with Gasteiger partial charge in [0.15, 0.2) is 0 Å². The molecule has 1 saturated heterocycles. The van der Waals surface area contributed by atoms with Crippen LogP contribution < -0.4 is 15.4 Å². The lowest BCUT2D eigenvalue weighted by atomic mass is 9.74. The Labute approximate surface area is 198 Å². The molecule has 34 heavy (non-hydrogen) atoms. The first kappa shape index (κ1) is 26.7. The van der Waals surface area contributed by atoms with Gasteiger partial charge in [0, 0.05) is 43.6 Å². The standard InChI is InChI=1S/C22H33F3N4O4S/c1-14(2)21(7-4-18(11-21)28-17-5-8-33-9-6-17)20(30)27-12-15-10-16(22(23,24)25)13-26-19(15)29-34(3,31)32/h10,13-14,17-18,28H,4-9,11-12H2,1-3H3,(H,26,29)(H,27,30)/t18-,21+/m1/s1. The number of pyridine rings is 1. The molecule has 1 saturated carbocycles. The maximum atomic E-state index is 13.4. The monoisotopic (exact) mass is 506 g/mol. The molecule has 8 nitrogen and oxygen atoms in total. The third-order valence-corrected chi connectivity index (χ3v) is 7.38. The molecule has 3 rings (SSSR count). The molecule has 2 heterocycles. The second kappa shape index (κ2) is 10.4. The molecule has 1 aliphatic heterocycles. The van der Waals surface area contributed by atoms with Gasteiger partial charge < -0.3 is 15.4 Å². The Morgan fingerprint density at radius 2 is 1.91 bits per heavy atom. The van der Waals surface area contributed by atoms with E-state index in [0.29, 0.717) is 25.1 Å². The summed E-state index contributed by atoms with van der Waals surface area (Å²) in [5.41, 5.74) is -1.74. The van der Waals surface area contributed by atoms with Crippen LogP contribution in [0.5, 0.6) is 0 Å². The lowest BCUT2D eigenvalue weighted by molar-refractivity contribution is -0.137. The van der Waals surface area contributed by atoms with Gasteiger partial charge in [0.05, 0.1) is 17.2 Å². The van der Waals surface area contributed by atoms with E-state index in [0.717, 1.165) is 44.8 Å². The largest absolute Gasteiger partial charge is 0.417 e. The number of anilines is 1. The van der Waals surface area contributed by atoms with Gasteiger partial charge >= 0.3 is 6.18 Å². The summed E-state index contributed by atoms with van der Waals surface area (Å²) in [6, 6.07) is 1.34. The zero-order valence-corrected chi connectivity index (χ0v) is 20.5. The van der Waals surface area contributed by atoms with E-state index in [-0.39, 0.29) is 35.8 Å². The second-order valence-corrected chi connectivity index (χ2v) is 11.3. The topological polar surface area (TPSA) is 109 Å². The van der Waals surface area contributed by atoms with E-state index in [9.17, 15) is 26.4 Å². The number of amides is 1. The Bertz CT molecular complexity index is 981. The highest BCUT2D eigenvalue weighted by atomic mass is 32.2. The summed E-state index contributed by atoms with van der Waals surface area (Å²) < 4.78 is 70.4. The summed E-state index contributed by atoms with van der Waals surface area (Å²) in [4.78, 5) is 17.0. The number of rotatable bonds is 8. The van der Waals surface area contributed by atoms with E-state index in [1.54, 1.807) is 0 Å². The van der Waals surface area contributed by atoms with Crippen LogP contribution in [-0.4, -0.2) is 50.9 Å². The number of hydrogen-bond donors (Lipinski definition) is 3. The quantitative estimate of drug-likeness (QED) is 0.500. The van der Waals surface area contributed by atoms with E-state index in [1.807, 2.05) is 13.8 Å². The van der Waals surface area contributed by atoms with Crippen molar-refractivity contribution in [3.63, 3.8) is 0 Å². The van der Waals surface area contributed by atoms with E-state index in [4.69, 9.17) is 4.74 Å². The zero-order chi connectivity index (χ0) is 25.1. The van der Waals surface area contributed by atoms with Crippen molar-refractivity contribution in [2.45, 2.75) is 70.8 Å². The van der Waals surface area contributed by atoms with Gasteiger partial charge in [-0.2, -0.15) is 13.2 Å². The fourth-order valence-corrected chi connectivity index (χ4v) is 5.36. The van der Waals surface area contributed by atoms with Crippen molar-refractivity contribution < 1.29 is 31.1 Å². The summed E-state index contributed by atoms with van der Waals surface area (Å²) in [7, 11) is -3.77. The summed E-state index contributed by atoms with van der Waals surface area (Å²) in [5.74, 6) is -0.469. The molecule has 12 heteroatoms. The maximum absolute atomic E-state index is 13.4. The molecular weight excluding hydrogens is 473 g/mol. The molecule has 1 aromatic heterocycles. The molecule has 0 spiro atoms. The minimum atomic E-state index is -4.65. The summed E-state index contributed by atoms with van der Waals surface area (Å²) in [6.45, 7) is 5.10. The first-order valence-electron chi connectivity index (χ1n) is 11.5. The van der Waals surface area contributed by atoms with Gasteiger partial charge in [-0.25, -0.2) is 13.4 Å². The smallest absolute Gasteiger partial charge is 0.381 e. The Morgan fingerprint density at radius 3 is 2.50 bits per heavy atom. The van der Waals surface area contributed by atoms with Crippen molar-refractivity contribution in [3.05, 3.63) is 23.4 Å². The number of ether oxygens (including phenoxy) is 1. The molecule has 2 fully saturated rings. The third-order valence-electron chi connectivity index (χ3n) is 6.82. The summed E-state index contributed by atoms with van der Waals surface area (Å²) >= 11 is 0. The van der Waals surface area contributed by atoms with Gasteiger partial charge in [-0.1, -0.05) is 13.8 Å². The minimum absolute atomic E-state index is 0.0160. The van der Waals surface area contributed by atoms with Crippen molar-refractivity contribution in [2.75, 3.05) is 24.2 Å². The SMILES string of the molecule is CC(C)[C@]1(C(=O)NCc2cc(C(F)(F)F)cnc2NS(C)(=O)=O)CC[C@@H](NC2CCOCC2)C1. The van der Waals surface area contributed by atoms with Gasteiger partial charge in [-0.05, 0) is 44.1 Å². The Morgan fingerprint density at radius 1 is 1.24 bits per heavy atom.